The van der Waals surface area contributed by atoms with Gasteiger partial charge in [-0.2, -0.15) is 0 Å². The summed E-state index contributed by atoms with van der Waals surface area (Å²) in [5, 5.41) is 0. The molecule has 0 amide bonds. The van der Waals surface area contributed by atoms with Crippen LogP contribution in [0, 0.1) is 0 Å². The Bertz CT molecular complexity index is 148. The highest BCUT2D eigenvalue weighted by atomic mass is 33.1. The molecule has 0 aliphatic carbocycles. The molecule has 0 spiro atoms. The van der Waals surface area contributed by atoms with Crippen molar-refractivity contribution in [3.8, 4) is 0 Å². The molecule has 56 valence electrons. The Balaban J connectivity index is 3.61. The van der Waals surface area contributed by atoms with Gasteiger partial charge in [-0.15, -0.1) is 0 Å². The molecule has 4 heteroatoms. The Morgan fingerprint density at radius 1 is 1.33 bits per heavy atom. The van der Waals surface area contributed by atoms with Crippen LogP contribution in [0.2, 0.25) is 0 Å². The van der Waals surface area contributed by atoms with Crippen LogP contribution in [0.4, 0.5) is 0 Å². The minimum absolute atomic E-state index is 0.248. The molecule has 2 nitrogen and oxygen atoms in total. The Kier molecular flexibility index (Phi) is 4.31. The molecule has 9 heavy (non-hydrogen) atoms. The zero-order valence-corrected chi connectivity index (χ0v) is 7.39. The van der Waals surface area contributed by atoms with E-state index in [0.29, 0.717) is 0 Å². The minimum atomic E-state index is -2.76. The maximum absolute atomic E-state index is 10.7. The van der Waals surface area contributed by atoms with Gasteiger partial charge in [0.1, 0.15) is 0 Å². The fourth-order valence-electron chi connectivity index (χ4n) is 0.294. The van der Waals surface area contributed by atoms with Gasteiger partial charge in [-0.1, -0.05) is 13.8 Å². The highest BCUT2D eigenvalue weighted by Gasteiger charge is 2.04. The molecule has 0 saturated carbocycles. The third kappa shape index (κ3) is 4.78. The molecule has 0 bridgehead atoms. The third-order valence-corrected chi connectivity index (χ3v) is 4.75. The molecule has 0 N–H and O–H groups in total. The monoisotopic (exact) mass is 168 g/mol. The fraction of sp³-hybridized carbons (Fsp3) is 1.00. The summed E-state index contributed by atoms with van der Waals surface area (Å²) in [5.41, 5.74) is 0. The zero-order valence-electron chi connectivity index (χ0n) is 5.75. The predicted molar refractivity (Wildman–Crippen MR) is 42.2 cm³/mol. The van der Waals surface area contributed by atoms with Crippen LogP contribution in [0.25, 0.3) is 0 Å². The Hall–Kier alpha value is 0.300. The first kappa shape index (κ1) is 9.30. The van der Waals surface area contributed by atoms with Gasteiger partial charge >= 0.3 is 0 Å². The van der Waals surface area contributed by atoms with E-state index in [1.165, 1.54) is 0 Å². The predicted octanol–water partition coefficient (Wildman–Crippen LogP) is 1.48. The molecule has 0 aromatic rings. The average molecular weight is 168 g/mol. The molecule has 0 fully saturated rings. The van der Waals surface area contributed by atoms with E-state index in [1.54, 1.807) is 6.92 Å². The summed E-state index contributed by atoms with van der Waals surface area (Å²) in [6, 6.07) is 0. The molecule has 0 aromatic carbocycles. The van der Waals surface area contributed by atoms with E-state index in [4.69, 9.17) is 0 Å². The van der Waals surface area contributed by atoms with Crippen LogP contribution in [-0.4, -0.2) is 19.9 Å². The van der Waals surface area contributed by atoms with E-state index in [0.717, 1.165) is 23.0 Å². The number of rotatable bonds is 4. The van der Waals surface area contributed by atoms with Crippen molar-refractivity contribution in [2.24, 2.45) is 0 Å². The molecule has 0 aliphatic heterocycles. The molecular formula is C5H12O2S2. The van der Waals surface area contributed by atoms with E-state index in [-0.39, 0.29) is 5.75 Å². The average Bonchev–Trinajstić information content (AvgIpc) is 1.84. The SMILES string of the molecule is CCCSS(=O)(=O)CC. The van der Waals surface area contributed by atoms with E-state index in [1.807, 2.05) is 6.92 Å². The van der Waals surface area contributed by atoms with Crippen LogP contribution in [0.3, 0.4) is 0 Å². The van der Waals surface area contributed by atoms with Crippen LogP contribution < -0.4 is 0 Å². The fourth-order valence-corrected chi connectivity index (χ4v) is 2.64. The lowest BCUT2D eigenvalue weighted by atomic mass is 10.6. The van der Waals surface area contributed by atoms with Gasteiger partial charge < -0.3 is 0 Å². The van der Waals surface area contributed by atoms with Crippen molar-refractivity contribution in [1.29, 1.82) is 0 Å². The normalized spacial score (nSPS) is 11.8. The molecule has 0 aromatic heterocycles. The Labute approximate surface area is 60.3 Å². The Morgan fingerprint density at radius 3 is 2.22 bits per heavy atom. The van der Waals surface area contributed by atoms with Crippen LogP contribution in [0.5, 0.6) is 0 Å². The molecule has 0 aliphatic rings. The lowest BCUT2D eigenvalue weighted by Gasteiger charge is -1.95. The highest BCUT2D eigenvalue weighted by molar-refractivity contribution is 8.72. The van der Waals surface area contributed by atoms with Crippen molar-refractivity contribution in [2.75, 3.05) is 11.5 Å². The third-order valence-electron chi connectivity index (χ3n) is 0.821. The van der Waals surface area contributed by atoms with E-state index in [9.17, 15) is 8.42 Å². The number of hydrogen-bond donors (Lipinski definition) is 0. The summed E-state index contributed by atoms with van der Waals surface area (Å²) in [7, 11) is -1.71. The number of hydrogen-bond acceptors (Lipinski definition) is 3. The van der Waals surface area contributed by atoms with Gasteiger partial charge in [0.25, 0.3) is 0 Å². The Morgan fingerprint density at radius 2 is 1.89 bits per heavy atom. The van der Waals surface area contributed by atoms with E-state index in [2.05, 4.69) is 0 Å². The first-order valence-corrected chi connectivity index (χ1v) is 6.15. The quantitative estimate of drug-likeness (QED) is 0.596. The van der Waals surface area contributed by atoms with E-state index < -0.39 is 8.87 Å². The maximum Gasteiger partial charge on any atom is 0.201 e. The standard InChI is InChI=1S/C5H12O2S2/c1-3-5-8-9(6,7)4-2/h3-5H2,1-2H3. The summed E-state index contributed by atoms with van der Waals surface area (Å²) in [5.74, 6) is 0.966. The second kappa shape index (κ2) is 4.17. The summed E-state index contributed by atoms with van der Waals surface area (Å²) in [4.78, 5) is 0. The van der Waals surface area contributed by atoms with Crippen LogP contribution in [0.15, 0.2) is 0 Å². The van der Waals surface area contributed by atoms with Gasteiger partial charge in [0.2, 0.25) is 8.87 Å². The van der Waals surface area contributed by atoms with Crippen molar-refractivity contribution < 1.29 is 8.42 Å². The highest BCUT2D eigenvalue weighted by Crippen LogP contribution is 2.12. The first-order valence-electron chi connectivity index (χ1n) is 2.99. The lowest BCUT2D eigenvalue weighted by molar-refractivity contribution is 0.611. The smallest absolute Gasteiger partial charge is 0.201 e. The minimum Gasteiger partial charge on any atom is -0.217 e. The van der Waals surface area contributed by atoms with Gasteiger partial charge in [-0.3, -0.25) is 0 Å². The van der Waals surface area contributed by atoms with Crippen molar-refractivity contribution in [1.82, 2.24) is 0 Å². The lowest BCUT2D eigenvalue weighted by Crippen LogP contribution is -1.96. The van der Waals surface area contributed by atoms with Gasteiger partial charge in [-0.05, 0) is 17.2 Å². The summed E-state index contributed by atoms with van der Waals surface area (Å²) < 4.78 is 21.4. The van der Waals surface area contributed by atoms with Gasteiger partial charge in [0.05, 0.1) is 5.75 Å². The van der Waals surface area contributed by atoms with Crippen molar-refractivity contribution in [2.45, 2.75) is 20.3 Å². The zero-order chi connectivity index (χ0) is 7.33. The van der Waals surface area contributed by atoms with Crippen molar-refractivity contribution in [3.63, 3.8) is 0 Å². The summed E-state index contributed by atoms with van der Waals surface area (Å²) in [6.07, 6.45) is 0.921. The molecule has 0 unspecified atom stereocenters. The van der Waals surface area contributed by atoms with Crippen molar-refractivity contribution in [3.05, 3.63) is 0 Å². The largest absolute Gasteiger partial charge is 0.217 e. The van der Waals surface area contributed by atoms with Crippen LogP contribution in [0.1, 0.15) is 20.3 Å². The van der Waals surface area contributed by atoms with E-state index >= 15 is 0 Å². The van der Waals surface area contributed by atoms with Crippen LogP contribution >= 0.6 is 10.8 Å². The van der Waals surface area contributed by atoms with Gasteiger partial charge in [-0.25, -0.2) is 8.42 Å². The molecule has 0 atom stereocenters. The summed E-state index contributed by atoms with van der Waals surface area (Å²) in [6.45, 7) is 3.64. The first-order chi connectivity index (χ1) is 4.12. The molecule has 0 heterocycles. The maximum atomic E-state index is 10.7. The second-order valence-electron chi connectivity index (χ2n) is 1.67. The van der Waals surface area contributed by atoms with Gasteiger partial charge in [0.15, 0.2) is 0 Å². The van der Waals surface area contributed by atoms with Crippen molar-refractivity contribution >= 4 is 19.7 Å². The van der Waals surface area contributed by atoms with Gasteiger partial charge in [0, 0.05) is 5.75 Å². The topological polar surface area (TPSA) is 34.1 Å². The molecule has 0 radical (unpaired) electrons. The molecule has 0 saturated heterocycles. The molecule has 0 rings (SSSR count). The molecular weight excluding hydrogens is 156 g/mol. The summed E-state index contributed by atoms with van der Waals surface area (Å²) >= 11 is 0. The second-order valence-corrected chi connectivity index (χ2v) is 6.24. The van der Waals surface area contributed by atoms with Crippen LogP contribution in [-0.2, 0) is 8.87 Å².